The van der Waals surface area contributed by atoms with Crippen LogP contribution in [0.1, 0.15) is 23.6 Å². The first-order chi connectivity index (χ1) is 13.1. The molecule has 1 saturated heterocycles. The number of hydrogen-bond acceptors (Lipinski definition) is 6. The first-order valence-corrected chi connectivity index (χ1v) is 9.11. The molecule has 136 valence electrons. The van der Waals surface area contributed by atoms with Crippen LogP contribution in [0.25, 0.3) is 33.3 Å². The molecule has 1 aromatic carbocycles. The Kier molecular flexibility index (Phi) is 3.58. The third kappa shape index (κ3) is 2.62. The summed E-state index contributed by atoms with van der Waals surface area (Å²) in [5.41, 5.74) is 4.77. The number of hydrogen-bond donors (Lipinski definition) is 2. The molecule has 7 heteroatoms. The molecule has 0 spiro atoms. The molecule has 0 amide bonds. The molecule has 0 saturated carbocycles. The minimum Gasteiger partial charge on any atom is -0.507 e. The Morgan fingerprint density at radius 3 is 2.93 bits per heavy atom. The number of phenols is 1. The maximum atomic E-state index is 10.7. The molecule has 1 unspecified atom stereocenters. The molecule has 27 heavy (non-hydrogen) atoms. The fourth-order valence-electron chi connectivity index (χ4n) is 3.81. The van der Waals surface area contributed by atoms with E-state index in [0.717, 1.165) is 52.7 Å². The van der Waals surface area contributed by atoms with Crippen molar-refractivity contribution in [3.63, 3.8) is 0 Å². The largest absolute Gasteiger partial charge is 0.507 e. The van der Waals surface area contributed by atoms with Crippen molar-refractivity contribution in [3.8, 4) is 17.1 Å². The normalized spacial score (nSPS) is 17.2. The van der Waals surface area contributed by atoms with Crippen LogP contribution in [0.15, 0.2) is 30.6 Å². The van der Waals surface area contributed by atoms with Gasteiger partial charge in [0.1, 0.15) is 11.3 Å². The Labute approximate surface area is 156 Å². The van der Waals surface area contributed by atoms with E-state index in [2.05, 4.69) is 20.4 Å². The summed E-state index contributed by atoms with van der Waals surface area (Å²) in [6.45, 7) is 3.86. The highest BCUT2D eigenvalue weighted by Gasteiger charge is 2.19. The number of aromatic hydroxyl groups is 1. The van der Waals surface area contributed by atoms with Crippen LogP contribution in [0.5, 0.6) is 5.75 Å². The van der Waals surface area contributed by atoms with Gasteiger partial charge in [0, 0.05) is 42.4 Å². The number of nitrogens with zero attached hydrogens (tertiary/aromatic N) is 5. The first kappa shape index (κ1) is 16.1. The lowest BCUT2D eigenvalue weighted by Gasteiger charge is -2.10. The number of pyridine rings is 1. The minimum absolute atomic E-state index is 0.169. The molecule has 1 fully saturated rings. The fourth-order valence-corrected chi connectivity index (χ4v) is 3.81. The number of rotatable bonds is 2. The summed E-state index contributed by atoms with van der Waals surface area (Å²) < 4.78 is 1.74. The highest BCUT2D eigenvalue weighted by Crippen LogP contribution is 2.35. The van der Waals surface area contributed by atoms with Gasteiger partial charge < -0.3 is 10.4 Å². The second-order valence-electron chi connectivity index (χ2n) is 7.16. The maximum absolute atomic E-state index is 10.7. The summed E-state index contributed by atoms with van der Waals surface area (Å²) in [4.78, 5) is 13.9. The minimum atomic E-state index is 0.169. The Balaban J connectivity index is 1.61. The molecule has 1 aliphatic rings. The second-order valence-corrected chi connectivity index (χ2v) is 7.16. The summed E-state index contributed by atoms with van der Waals surface area (Å²) >= 11 is 0. The molecule has 0 radical (unpaired) electrons. The van der Waals surface area contributed by atoms with Gasteiger partial charge in [-0.15, -0.1) is 0 Å². The van der Waals surface area contributed by atoms with Crippen LogP contribution in [-0.4, -0.2) is 42.9 Å². The highest BCUT2D eigenvalue weighted by atomic mass is 16.3. The van der Waals surface area contributed by atoms with Crippen molar-refractivity contribution in [1.29, 1.82) is 0 Å². The zero-order valence-electron chi connectivity index (χ0n) is 15.3. The van der Waals surface area contributed by atoms with E-state index in [1.165, 1.54) is 0 Å². The van der Waals surface area contributed by atoms with E-state index in [9.17, 15) is 5.11 Å². The van der Waals surface area contributed by atoms with Gasteiger partial charge in [0.05, 0.1) is 22.8 Å². The molecule has 5 rings (SSSR count). The average Bonchev–Trinajstić information content (AvgIpc) is 3.33. The van der Waals surface area contributed by atoms with Gasteiger partial charge in [-0.2, -0.15) is 5.10 Å². The van der Waals surface area contributed by atoms with E-state index in [-0.39, 0.29) is 5.75 Å². The van der Waals surface area contributed by atoms with Crippen molar-refractivity contribution in [2.24, 2.45) is 7.05 Å². The maximum Gasteiger partial charge on any atom is 0.163 e. The molecule has 1 aliphatic heterocycles. The van der Waals surface area contributed by atoms with Crippen molar-refractivity contribution in [2.45, 2.75) is 19.3 Å². The summed E-state index contributed by atoms with van der Waals surface area (Å²) in [6.07, 6.45) is 4.78. The Bertz CT molecular complexity index is 1180. The zero-order chi connectivity index (χ0) is 18.5. The molecule has 3 aromatic heterocycles. The van der Waals surface area contributed by atoms with Gasteiger partial charge in [0.25, 0.3) is 0 Å². The third-order valence-electron chi connectivity index (χ3n) is 5.30. The second kappa shape index (κ2) is 5.99. The lowest BCUT2D eigenvalue weighted by molar-refractivity contribution is 0.473. The van der Waals surface area contributed by atoms with E-state index in [4.69, 9.17) is 4.98 Å². The van der Waals surface area contributed by atoms with Gasteiger partial charge in [-0.05, 0) is 38.1 Å². The molecule has 0 bridgehead atoms. The number of fused-ring (bicyclic) bond motifs is 2. The van der Waals surface area contributed by atoms with Gasteiger partial charge in [0.2, 0.25) is 0 Å². The number of nitrogens with one attached hydrogen (secondary N) is 1. The van der Waals surface area contributed by atoms with E-state index in [1.54, 1.807) is 10.9 Å². The Morgan fingerprint density at radius 1 is 1.22 bits per heavy atom. The van der Waals surface area contributed by atoms with Crippen LogP contribution in [0, 0.1) is 6.92 Å². The molecule has 4 heterocycles. The average molecular weight is 360 g/mol. The van der Waals surface area contributed by atoms with Crippen LogP contribution in [-0.2, 0) is 7.05 Å². The highest BCUT2D eigenvalue weighted by molar-refractivity contribution is 5.90. The van der Waals surface area contributed by atoms with Crippen molar-refractivity contribution in [1.82, 2.24) is 30.0 Å². The predicted octanol–water partition coefficient (Wildman–Crippen LogP) is 2.67. The molecule has 0 aliphatic carbocycles. The van der Waals surface area contributed by atoms with Gasteiger partial charge in [-0.3, -0.25) is 4.68 Å². The summed E-state index contributed by atoms with van der Waals surface area (Å²) in [6, 6.07) is 5.93. The zero-order valence-corrected chi connectivity index (χ0v) is 15.3. The van der Waals surface area contributed by atoms with Gasteiger partial charge >= 0.3 is 0 Å². The molecule has 2 N–H and O–H groups in total. The van der Waals surface area contributed by atoms with E-state index in [0.29, 0.717) is 17.3 Å². The van der Waals surface area contributed by atoms with Crippen LogP contribution >= 0.6 is 0 Å². The summed E-state index contributed by atoms with van der Waals surface area (Å²) in [5, 5.41) is 19.4. The van der Waals surface area contributed by atoms with Gasteiger partial charge in [-0.1, -0.05) is 0 Å². The predicted molar refractivity (Wildman–Crippen MR) is 104 cm³/mol. The van der Waals surface area contributed by atoms with Crippen LogP contribution < -0.4 is 5.32 Å². The quantitative estimate of drug-likeness (QED) is 0.571. The Morgan fingerprint density at radius 2 is 2.11 bits per heavy atom. The molecular weight excluding hydrogens is 340 g/mol. The summed E-state index contributed by atoms with van der Waals surface area (Å²) in [7, 11) is 1.87. The third-order valence-corrected chi connectivity index (χ3v) is 5.30. The number of benzene rings is 1. The molecular formula is C20H20N6O. The number of phenolic OH excluding ortho intramolecular Hbond substituents is 1. The molecule has 4 aromatic rings. The van der Waals surface area contributed by atoms with Crippen molar-refractivity contribution < 1.29 is 5.11 Å². The van der Waals surface area contributed by atoms with Crippen molar-refractivity contribution in [2.75, 3.05) is 13.1 Å². The standard InChI is InChI=1S/C20H20N6O/c1-11-18-13(10-26(2)25-18)7-14(19(11)27)20-22-9-17-16(24-20)4-3-15(23-17)12-5-6-21-8-12/h3-4,7,9-10,12,21,27H,5-6,8H2,1-2H3. The molecule has 7 nitrogen and oxygen atoms in total. The van der Waals surface area contributed by atoms with Crippen LogP contribution in [0.4, 0.5) is 0 Å². The van der Waals surface area contributed by atoms with Crippen molar-refractivity contribution in [3.05, 3.63) is 41.9 Å². The SMILES string of the molecule is Cc1c(O)c(-c2ncc3nc(C4CCNC4)ccc3n2)cc2cn(C)nc12. The number of aryl methyl sites for hydroxylation is 2. The fraction of sp³-hybridized carbons (Fsp3) is 0.300. The van der Waals surface area contributed by atoms with E-state index in [1.807, 2.05) is 38.4 Å². The van der Waals surface area contributed by atoms with E-state index >= 15 is 0 Å². The smallest absolute Gasteiger partial charge is 0.163 e. The van der Waals surface area contributed by atoms with Crippen LogP contribution in [0.3, 0.4) is 0 Å². The number of aromatic nitrogens is 5. The lowest BCUT2D eigenvalue weighted by Crippen LogP contribution is -2.09. The molecule has 1 atom stereocenters. The Hall–Kier alpha value is -3.06. The van der Waals surface area contributed by atoms with E-state index < -0.39 is 0 Å². The van der Waals surface area contributed by atoms with Crippen LogP contribution in [0.2, 0.25) is 0 Å². The monoisotopic (exact) mass is 360 g/mol. The van der Waals surface area contributed by atoms with Crippen molar-refractivity contribution >= 4 is 21.9 Å². The summed E-state index contributed by atoms with van der Waals surface area (Å²) in [5.74, 6) is 1.11. The lowest BCUT2D eigenvalue weighted by atomic mass is 10.0. The topological polar surface area (TPSA) is 88.8 Å². The first-order valence-electron chi connectivity index (χ1n) is 9.11. The van der Waals surface area contributed by atoms with Gasteiger partial charge in [-0.25, -0.2) is 15.0 Å². The van der Waals surface area contributed by atoms with Gasteiger partial charge in [0.15, 0.2) is 5.82 Å².